The van der Waals surface area contributed by atoms with E-state index in [1.807, 2.05) is 6.92 Å². The minimum Gasteiger partial charge on any atom is -0.330 e. The van der Waals surface area contributed by atoms with E-state index in [2.05, 4.69) is 31.2 Å². The van der Waals surface area contributed by atoms with Gasteiger partial charge in [-0.15, -0.1) is 0 Å². The van der Waals surface area contributed by atoms with Crippen molar-refractivity contribution in [1.82, 2.24) is 0 Å². The van der Waals surface area contributed by atoms with E-state index in [-0.39, 0.29) is 12.0 Å². The molecule has 0 aliphatic rings. The summed E-state index contributed by atoms with van der Waals surface area (Å²) in [6, 6.07) is 8.53. The van der Waals surface area contributed by atoms with Gasteiger partial charge in [-0.25, -0.2) is 0 Å². The second kappa shape index (κ2) is 4.40. The lowest BCUT2D eigenvalue weighted by Crippen LogP contribution is -2.30. The second-order valence-electron chi connectivity index (χ2n) is 3.61. The van der Waals surface area contributed by atoms with Gasteiger partial charge in [0.2, 0.25) is 0 Å². The maximum atomic E-state index is 5.84. The molecule has 0 aromatic heterocycles. The third kappa shape index (κ3) is 2.54. The van der Waals surface area contributed by atoms with Crippen LogP contribution in [0.2, 0.25) is 0 Å². The van der Waals surface area contributed by atoms with Crippen molar-refractivity contribution in [2.24, 2.45) is 11.5 Å². The molecule has 0 amide bonds. The van der Waals surface area contributed by atoms with Crippen LogP contribution in [0.5, 0.6) is 0 Å². The summed E-state index contributed by atoms with van der Waals surface area (Å²) < 4.78 is 0. The van der Waals surface area contributed by atoms with Gasteiger partial charge in [-0.2, -0.15) is 0 Å². The molecule has 4 N–H and O–H groups in total. The van der Waals surface area contributed by atoms with Crippen molar-refractivity contribution in [2.45, 2.75) is 25.8 Å². The second-order valence-corrected chi connectivity index (χ2v) is 3.61. The number of hydrogen-bond donors (Lipinski definition) is 2. The summed E-state index contributed by atoms with van der Waals surface area (Å²) in [6.07, 6.45) is 0. The molecule has 0 bridgehead atoms. The molecule has 2 nitrogen and oxygen atoms in total. The molecule has 0 fully saturated rings. The molecule has 2 atom stereocenters. The highest BCUT2D eigenvalue weighted by molar-refractivity contribution is 5.25. The highest BCUT2D eigenvalue weighted by Gasteiger charge is 2.13. The molecule has 2 heteroatoms. The molecule has 0 saturated heterocycles. The molecular formula is C11H18N2. The third-order valence-electron chi connectivity index (χ3n) is 2.39. The average molecular weight is 178 g/mol. The first-order chi connectivity index (χ1) is 6.15. The Hall–Kier alpha value is -0.860. The van der Waals surface area contributed by atoms with Crippen LogP contribution in [-0.4, -0.2) is 12.6 Å². The first kappa shape index (κ1) is 10.2. The summed E-state index contributed by atoms with van der Waals surface area (Å²) >= 11 is 0. The van der Waals surface area contributed by atoms with E-state index in [0.717, 1.165) is 0 Å². The van der Waals surface area contributed by atoms with Crippen LogP contribution in [0.3, 0.4) is 0 Å². The van der Waals surface area contributed by atoms with Gasteiger partial charge in [0, 0.05) is 18.5 Å². The van der Waals surface area contributed by atoms with Crippen LogP contribution in [-0.2, 0) is 0 Å². The predicted octanol–water partition coefficient (Wildman–Crippen LogP) is 1.38. The minimum atomic E-state index is 0.118. The normalized spacial score (nSPS) is 15.4. The van der Waals surface area contributed by atoms with E-state index in [1.54, 1.807) is 0 Å². The van der Waals surface area contributed by atoms with Crippen molar-refractivity contribution >= 4 is 0 Å². The Labute approximate surface area is 79.9 Å². The van der Waals surface area contributed by atoms with E-state index in [1.165, 1.54) is 11.1 Å². The third-order valence-corrected chi connectivity index (χ3v) is 2.39. The topological polar surface area (TPSA) is 52.0 Å². The first-order valence-electron chi connectivity index (χ1n) is 4.67. The van der Waals surface area contributed by atoms with Crippen LogP contribution in [0, 0.1) is 6.92 Å². The van der Waals surface area contributed by atoms with Crippen LogP contribution in [0.4, 0.5) is 0 Å². The van der Waals surface area contributed by atoms with Crippen molar-refractivity contribution in [3.8, 4) is 0 Å². The van der Waals surface area contributed by atoms with Crippen LogP contribution >= 0.6 is 0 Å². The number of benzene rings is 1. The summed E-state index contributed by atoms with van der Waals surface area (Å²) in [4.78, 5) is 0. The largest absolute Gasteiger partial charge is 0.330 e. The van der Waals surface area contributed by atoms with Gasteiger partial charge in [-0.05, 0) is 19.4 Å². The Morgan fingerprint density at radius 1 is 1.23 bits per heavy atom. The van der Waals surface area contributed by atoms with E-state index in [4.69, 9.17) is 11.5 Å². The SMILES string of the molecule is Cc1ccc(C(CN)C(C)N)cc1. The van der Waals surface area contributed by atoms with Crippen molar-refractivity contribution in [3.63, 3.8) is 0 Å². The highest BCUT2D eigenvalue weighted by atomic mass is 14.7. The number of nitrogens with two attached hydrogens (primary N) is 2. The summed E-state index contributed by atoms with van der Waals surface area (Å²) in [6.45, 7) is 4.69. The molecular weight excluding hydrogens is 160 g/mol. The van der Waals surface area contributed by atoms with Crippen LogP contribution in [0.1, 0.15) is 24.0 Å². The van der Waals surface area contributed by atoms with E-state index >= 15 is 0 Å². The summed E-state index contributed by atoms with van der Waals surface area (Å²) in [5.41, 5.74) is 14.0. The monoisotopic (exact) mass is 178 g/mol. The van der Waals surface area contributed by atoms with Crippen molar-refractivity contribution in [3.05, 3.63) is 35.4 Å². The van der Waals surface area contributed by atoms with Gasteiger partial charge in [0.1, 0.15) is 0 Å². The van der Waals surface area contributed by atoms with Crippen molar-refractivity contribution in [1.29, 1.82) is 0 Å². The molecule has 13 heavy (non-hydrogen) atoms. The molecule has 1 rings (SSSR count). The van der Waals surface area contributed by atoms with Crippen LogP contribution in [0.15, 0.2) is 24.3 Å². The van der Waals surface area contributed by atoms with E-state index in [0.29, 0.717) is 6.54 Å². The smallest absolute Gasteiger partial charge is 0.0110 e. The lowest BCUT2D eigenvalue weighted by Gasteiger charge is -2.19. The maximum absolute atomic E-state index is 5.84. The Morgan fingerprint density at radius 2 is 1.77 bits per heavy atom. The van der Waals surface area contributed by atoms with Gasteiger partial charge in [-0.3, -0.25) is 0 Å². The van der Waals surface area contributed by atoms with E-state index < -0.39 is 0 Å². The van der Waals surface area contributed by atoms with Gasteiger partial charge in [0.25, 0.3) is 0 Å². The number of rotatable bonds is 3. The van der Waals surface area contributed by atoms with Gasteiger partial charge < -0.3 is 11.5 Å². The molecule has 1 aromatic carbocycles. The van der Waals surface area contributed by atoms with Crippen molar-refractivity contribution < 1.29 is 0 Å². The molecule has 0 spiro atoms. The molecule has 0 aliphatic heterocycles. The highest BCUT2D eigenvalue weighted by Crippen LogP contribution is 2.17. The minimum absolute atomic E-state index is 0.118. The van der Waals surface area contributed by atoms with Gasteiger partial charge in [0.05, 0.1) is 0 Å². The Kier molecular flexibility index (Phi) is 3.46. The van der Waals surface area contributed by atoms with Gasteiger partial charge >= 0.3 is 0 Å². The zero-order chi connectivity index (χ0) is 9.84. The molecule has 0 saturated carbocycles. The fraction of sp³-hybridized carbons (Fsp3) is 0.455. The average Bonchev–Trinajstić information content (AvgIpc) is 2.09. The quantitative estimate of drug-likeness (QED) is 0.734. The maximum Gasteiger partial charge on any atom is 0.0110 e. The predicted molar refractivity (Wildman–Crippen MR) is 56.6 cm³/mol. The fourth-order valence-corrected chi connectivity index (χ4v) is 1.47. The molecule has 0 heterocycles. The Morgan fingerprint density at radius 3 is 2.15 bits per heavy atom. The number of hydrogen-bond acceptors (Lipinski definition) is 2. The molecule has 1 aromatic rings. The summed E-state index contributed by atoms with van der Waals surface area (Å²) in [7, 11) is 0. The lowest BCUT2D eigenvalue weighted by atomic mass is 9.92. The molecule has 72 valence electrons. The Balaban J connectivity index is 2.86. The number of aryl methyl sites for hydroxylation is 1. The van der Waals surface area contributed by atoms with Crippen LogP contribution < -0.4 is 11.5 Å². The van der Waals surface area contributed by atoms with Crippen LogP contribution in [0.25, 0.3) is 0 Å². The zero-order valence-electron chi connectivity index (χ0n) is 8.33. The van der Waals surface area contributed by atoms with Gasteiger partial charge in [0.15, 0.2) is 0 Å². The molecule has 0 aliphatic carbocycles. The van der Waals surface area contributed by atoms with Gasteiger partial charge in [-0.1, -0.05) is 29.8 Å². The summed E-state index contributed by atoms with van der Waals surface area (Å²) in [5.74, 6) is 0.278. The van der Waals surface area contributed by atoms with Crippen molar-refractivity contribution in [2.75, 3.05) is 6.54 Å². The molecule has 2 unspecified atom stereocenters. The lowest BCUT2D eigenvalue weighted by molar-refractivity contribution is 0.577. The Bertz CT molecular complexity index is 251. The van der Waals surface area contributed by atoms with E-state index in [9.17, 15) is 0 Å². The molecule has 0 radical (unpaired) electrons. The standard InChI is InChI=1S/C11H18N2/c1-8-3-5-10(6-4-8)11(7-12)9(2)13/h3-6,9,11H,7,12-13H2,1-2H3. The summed E-state index contributed by atoms with van der Waals surface area (Å²) in [5, 5.41) is 0. The zero-order valence-corrected chi connectivity index (χ0v) is 8.33. The first-order valence-corrected chi connectivity index (χ1v) is 4.67. The fourth-order valence-electron chi connectivity index (χ4n) is 1.47.